The van der Waals surface area contributed by atoms with E-state index in [9.17, 15) is 13.2 Å². The Labute approximate surface area is 194 Å². The molecule has 0 aliphatic carbocycles. The number of hydrogen-bond acceptors (Lipinski definition) is 5. The first-order chi connectivity index (χ1) is 15.8. The van der Waals surface area contributed by atoms with Gasteiger partial charge in [0.1, 0.15) is 5.76 Å². The van der Waals surface area contributed by atoms with E-state index in [1.807, 2.05) is 32.0 Å². The van der Waals surface area contributed by atoms with Gasteiger partial charge >= 0.3 is 0 Å². The van der Waals surface area contributed by atoms with Crippen LogP contribution in [0.1, 0.15) is 46.1 Å². The van der Waals surface area contributed by atoms with Crippen molar-refractivity contribution in [3.63, 3.8) is 0 Å². The fourth-order valence-electron chi connectivity index (χ4n) is 4.04. The zero-order valence-corrected chi connectivity index (χ0v) is 19.7. The third-order valence-electron chi connectivity index (χ3n) is 6.09. The van der Waals surface area contributed by atoms with Gasteiger partial charge in [-0.1, -0.05) is 6.07 Å². The number of carbonyl (C=O) groups is 1. The molecule has 0 spiro atoms. The van der Waals surface area contributed by atoms with Crippen molar-refractivity contribution in [2.45, 2.75) is 37.6 Å². The van der Waals surface area contributed by atoms with Crippen molar-refractivity contribution >= 4 is 21.6 Å². The SMILES string of the molecule is Cc1ccc(NS(=O)(=O)c2ccc(C(=O)NCC(c3ccco3)N3CCCC3)cc2)cc1C. The van der Waals surface area contributed by atoms with E-state index in [2.05, 4.69) is 14.9 Å². The van der Waals surface area contributed by atoms with Gasteiger partial charge in [0.2, 0.25) is 0 Å². The molecule has 1 unspecified atom stereocenters. The molecule has 3 aromatic rings. The van der Waals surface area contributed by atoms with Gasteiger partial charge < -0.3 is 9.73 Å². The smallest absolute Gasteiger partial charge is 0.261 e. The van der Waals surface area contributed by atoms with Gasteiger partial charge in [-0.3, -0.25) is 14.4 Å². The zero-order valence-electron chi connectivity index (χ0n) is 18.9. The van der Waals surface area contributed by atoms with Crippen LogP contribution in [-0.2, 0) is 10.0 Å². The van der Waals surface area contributed by atoms with Gasteiger partial charge in [-0.05, 0) is 99.4 Å². The standard InChI is InChI=1S/C25H29N3O4S/c1-18-7-10-21(16-19(18)2)27-33(30,31)22-11-8-20(9-12-22)25(29)26-17-23(24-6-5-15-32-24)28-13-3-4-14-28/h5-12,15-16,23,27H,3-4,13-14,17H2,1-2H3,(H,26,29). The molecule has 2 aromatic carbocycles. The summed E-state index contributed by atoms with van der Waals surface area (Å²) in [4.78, 5) is 15.1. The highest BCUT2D eigenvalue weighted by molar-refractivity contribution is 7.92. The number of benzene rings is 2. The number of nitrogens with zero attached hydrogens (tertiary/aromatic N) is 1. The number of furan rings is 1. The van der Waals surface area contributed by atoms with E-state index in [1.54, 1.807) is 18.4 Å². The fraction of sp³-hybridized carbons (Fsp3) is 0.320. The van der Waals surface area contributed by atoms with Crippen LogP contribution in [0.15, 0.2) is 70.2 Å². The van der Waals surface area contributed by atoms with Gasteiger partial charge in [0.05, 0.1) is 17.2 Å². The maximum Gasteiger partial charge on any atom is 0.261 e. The van der Waals surface area contributed by atoms with Crippen molar-refractivity contribution in [1.29, 1.82) is 0 Å². The van der Waals surface area contributed by atoms with Crippen LogP contribution >= 0.6 is 0 Å². The van der Waals surface area contributed by atoms with E-state index in [1.165, 1.54) is 24.3 Å². The summed E-state index contributed by atoms with van der Waals surface area (Å²) in [5, 5.41) is 2.97. The molecule has 1 aromatic heterocycles. The summed E-state index contributed by atoms with van der Waals surface area (Å²) in [5.41, 5.74) is 3.00. The number of likely N-dealkylation sites (tertiary alicyclic amines) is 1. The minimum atomic E-state index is -3.75. The molecule has 0 radical (unpaired) electrons. The average Bonchev–Trinajstić information content (AvgIpc) is 3.51. The van der Waals surface area contributed by atoms with E-state index in [-0.39, 0.29) is 16.8 Å². The highest BCUT2D eigenvalue weighted by Crippen LogP contribution is 2.25. The van der Waals surface area contributed by atoms with Crippen LogP contribution in [0.4, 0.5) is 5.69 Å². The number of anilines is 1. The molecule has 0 saturated carbocycles. The normalized spacial score (nSPS) is 15.3. The number of rotatable bonds is 8. The maximum atomic E-state index is 12.7. The van der Waals surface area contributed by atoms with Crippen molar-refractivity contribution in [3.05, 3.63) is 83.3 Å². The minimum Gasteiger partial charge on any atom is -0.468 e. The van der Waals surface area contributed by atoms with Crippen LogP contribution in [0.3, 0.4) is 0 Å². The molecule has 4 rings (SSSR count). The number of amides is 1. The van der Waals surface area contributed by atoms with Crippen molar-refractivity contribution in [2.75, 3.05) is 24.4 Å². The maximum absolute atomic E-state index is 12.7. The minimum absolute atomic E-state index is 0.0201. The van der Waals surface area contributed by atoms with E-state index in [0.717, 1.165) is 42.8 Å². The Balaban J connectivity index is 1.41. The molecule has 7 nitrogen and oxygen atoms in total. The van der Waals surface area contributed by atoms with Gasteiger partial charge in [0.15, 0.2) is 0 Å². The summed E-state index contributed by atoms with van der Waals surface area (Å²) >= 11 is 0. The summed E-state index contributed by atoms with van der Waals surface area (Å²) in [6.45, 7) is 6.27. The van der Waals surface area contributed by atoms with Crippen LogP contribution in [0.2, 0.25) is 0 Å². The number of carbonyl (C=O) groups excluding carboxylic acids is 1. The molecule has 33 heavy (non-hydrogen) atoms. The summed E-state index contributed by atoms with van der Waals surface area (Å²) in [5.74, 6) is 0.577. The first-order valence-corrected chi connectivity index (χ1v) is 12.6. The molecule has 1 amide bonds. The van der Waals surface area contributed by atoms with Gasteiger partial charge in [0.25, 0.3) is 15.9 Å². The van der Waals surface area contributed by atoms with Crippen LogP contribution in [-0.4, -0.2) is 38.9 Å². The van der Waals surface area contributed by atoms with E-state index in [4.69, 9.17) is 4.42 Å². The molecule has 2 N–H and O–H groups in total. The second kappa shape index (κ2) is 9.80. The van der Waals surface area contributed by atoms with Crippen molar-refractivity contribution in [3.8, 4) is 0 Å². The fourth-order valence-corrected chi connectivity index (χ4v) is 5.09. The molecule has 1 atom stereocenters. The molecule has 2 heterocycles. The molecular formula is C25H29N3O4S. The highest BCUT2D eigenvalue weighted by Gasteiger charge is 2.26. The first kappa shape index (κ1) is 23.1. The van der Waals surface area contributed by atoms with Gasteiger partial charge in [-0.15, -0.1) is 0 Å². The number of hydrogen-bond donors (Lipinski definition) is 2. The lowest BCUT2D eigenvalue weighted by molar-refractivity contribution is 0.0933. The molecule has 8 heteroatoms. The molecule has 0 bridgehead atoms. The van der Waals surface area contributed by atoms with Gasteiger partial charge in [-0.25, -0.2) is 8.42 Å². The highest BCUT2D eigenvalue weighted by atomic mass is 32.2. The van der Waals surface area contributed by atoms with Crippen LogP contribution in [0, 0.1) is 13.8 Å². The Hall–Kier alpha value is -3.10. The second-order valence-electron chi connectivity index (χ2n) is 8.41. The molecule has 1 saturated heterocycles. The topological polar surface area (TPSA) is 91.6 Å². The molecule has 174 valence electrons. The van der Waals surface area contributed by atoms with Crippen molar-refractivity contribution in [2.24, 2.45) is 0 Å². The number of nitrogens with one attached hydrogen (secondary N) is 2. The first-order valence-electron chi connectivity index (χ1n) is 11.1. The average molecular weight is 468 g/mol. The third-order valence-corrected chi connectivity index (χ3v) is 7.49. The van der Waals surface area contributed by atoms with E-state index >= 15 is 0 Å². The quantitative estimate of drug-likeness (QED) is 0.516. The number of aryl methyl sites for hydroxylation is 2. The van der Waals surface area contributed by atoms with Gasteiger partial charge in [-0.2, -0.15) is 0 Å². The molecular weight excluding hydrogens is 438 g/mol. The monoisotopic (exact) mass is 467 g/mol. The van der Waals surface area contributed by atoms with Crippen LogP contribution in [0.25, 0.3) is 0 Å². The Morgan fingerprint density at radius 2 is 1.76 bits per heavy atom. The number of sulfonamides is 1. The van der Waals surface area contributed by atoms with Crippen molar-refractivity contribution in [1.82, 2.24) is 10.2 Å². The van der Waals surface area contributed by atoms with Crippen LogP contribution in [0.5, 0.6) is 0 Å². The lowest BCUT2D eigenvalue weighted by atomic mass is 10.1. The predicted octanol–water partition coefficient (Wildman–Crippen LogP) is 4.26. The summed E-state index contributed by atoms with van der Waals surface area (Å²) < 4.78 is 33.7. The summed E-state index contributed by atoms with van der Waals surface area (Å²) in [6.07, 6.45) is 3.92. The van der Waals surface area contributed by atoms with Crippen molar-refractivity contribution < 1.29 is 17.6 Å². The third kappa shape index (κ3) is 5.46. The van der Waals surface area contributed by atoms with Gasteiger partial charge in [0, 0.05) is 17.8 Å². The largest absolute Gasteiger partial charge is 0.468 e. The molecule has 1 fully saturated rings. The Morgan fingerprint density at radius 1 is 1.03 bits per heavy atom. The predicted molar refractivity (Wildman–Crippen MR) is 128 cm³/mol. The summed E-state index contributed by atoms with van der Waals surface area (Å²) in [6, 6.07) is 15.1. The molecule has 1 aliphatic rings. The lowest BCUT2D eigenvalue weighted by Gasteiger charge is -2.26. The Kier molecular flexibility index (Phi) is 6.85. The van der Waals surface area contributed by atoms with E-state index in [0.29, 0.717) is 17.8 Å². The van der Waals surface area contributed by atoms with Crippen LogP contribution < -0.4 is 10.0 Å². The lowest BCUT2D eigenvalue weighted by Crippen LogP contribution is -2.36. The molecule has 1 aliphatic heterocycles. The zero-order chi connectivity index (χ0) is 23.4. The van der Waals surface area contributed by atoms with E-state index < -0.39 is 10.0 Å². The Bertz CT molecular complexity index is 1200. The Morgan fingerprint density at radius 3 is 2.39 bits per heavy atom. The summed E-state index contributed by atoms with van der Waals surface area (Å²) in [7, 11) is -3.75. The second-order valence-corrected chi connectivity index (χ2v) is 10.1.